The Labute approximate surface area is 129 Å². The smallest absolute Gasteiger partial charge is 0.324 e. The van der Waals surface area contributed by atoms with Crippen LogP contribution in [0.3, 0.4) is 0 Å². The summed E-state index contributed by atoms with van der Waals surface area (Å²) in [6.07, 6.45) is 0. The highest BCUT2D eigenvalue weighted by Gasteiger charge is 2.29. The minimum absolute atomic E-state index is 0.0622. The number of benzene rings is 1. The molecule has 1 amide bonds. The number of nitrogens with one attached hydrogen (secondary N) is 1. The van der Waals surface area contributed by atoms with Crippen molar-refractivity contribution in [2.75, 3.05) is 0 Å². The monoisotopic (exact) mass is 319 g/mol. The van der Waals surface area contributed by atoms with Gasteiger partial charge in [0.1, 0.15) is 6.61 Å². The standard InChI is InChI=1S/C14H11N2O5S/c15-13(17)12(11-2-1-7-22-11)14(18)21-8-9-3-5-10(6-4-9)16(19)20/h1-7,12,15H,8H2. The van der Waals surface area contributed by atoms with E-state index in [9.17, 15) is 19.7 Å². The molecule has 7 nitrogen and oxygen atoms in total. The van der Waals surface area contributed by atoms with Crippen LogP contribution in [0.1, 0.15) is 16.4 Å². The Kier molecular flexibility index (Phi) is 4.84. The molecular formula is C14H11N2O5S. The second-order valence-corrected chi connectivity index (χ2v) is 5.32. The Morgan fingerprint density at radius 1 is 1.27 bits per heavy atom. The van der Waals surface area contributed by atoms with Crippen LogP contribution < -0.4 is 5.73 Å². The summed E-state index contributed by atoms with van der Waals surface area (Å²) in [7, 11) is 0. The lowest BCUT2D eigenvalue weighted by Gasteiger charge is -2.11. The Hall–Kier alpha value is -2.74. The molecule has 0 aliphatic heterocycles. The molecule has 1 aromatic heterocycles. The summed E-state index contributed by atoms with van der Waals surface area (Å²) >= 11 is 1.20. The van der Waals surface area contributed by atoms with E-state index >= 15 is 0 Å². The van der Waals surface area contributed by atoms with E-state index in [0.717, 1.165) is 0 Å². The van der Waals surface area contributed by atoms with Crippen LogP contribution in [0.4, 0.5) is 5.69 Å². The number of hydrogen-bond donors (Lipinski definition) is 0. The maximum absolute atomic E-state index is 12.0. The van der Waals surface area contributed by atoms with Crippen molar-refractivity contribution in [3.8, 4) is 0 Å². The number of carbonyl (C=O) groups excluding carboxylic acids is 2. The van der Waals surface area contributed by atoms with Crippen LogP contribution in [0, 0.1) is 10.1 Å². The molecule has 8 heteroatoms. The number of nitro benzene ring substituents is 1. The summed E-state index contributed by atoms with van der Waals surface area (Å²) in [5, 5.41) is 12.2. The largest absolute Gasteiger partial charge is 0.460 e. The van der Waals surface area contributed by atoms with Crippen LogP contribution >= 0.6 is 11.3 Å². The van der Waals surface area contributed by atoms with E-state index in [-0.39, 0.29) is 12.3 Å². The second kappa shape index (κ2) is 6.81. The highest BCUT2D eigenvalue weighted by molar-refractivity contribution is 7.10. The number of amides is 1. The Morgan fingerprint density at radius 3 is 2.45 bits per heavy atom. The SMILES string of the molecule is [NH]C(=O)C(C(=O)OCc1ccc([N+](=O)[O-])cc1)c1cccs1. The molecule has 0 aliphatic rings. The molecule has 1 atom stereocenters. The maximum atomic E-state index is 12.0. The number of rotatable bonds is 6. The highest BCUT2D eigenvalue weighted by atomic mass is 32.1. The normalized spacial score (nSPS) is 11.6. The first kappa shape index (κ1) is 15.6. The molecule has 0 saturated carbocycles. The molecule has 22 heavy (non-hydrogen) atoms. The lowest BCUT2D eigenvalue weighted by atomic mass is 10.1. The number of nitro groups is 1. The van der Waals surface area contributed by atoms with Gasteiger partial charge in [-0.15, -0.1) is 11.3 Å². The molecule has 0 fully saturated rings. The molecule has 1 aromatic carbocycles. The number of esters is 1. The fraction of sp³-hybridized carbons (Fsp3) is 0.143. The fourth-order valence-corrected chi connectivity index (χ4v) is 2.57. The van der Waals surface area contributed by atoms with Gasteiger partial charge < -0.3 is 4.74 Å². The van der Waals surface area contributed by atoms with E-state index in [1.165, 1.54) is 35.6 Å². The van der Waals surface area contributed by atoms with Crippen molar-refractivity contribution < 1.29 is 19.2 Å². The predicted molar refractivity (Wildman–Crippen MR) is 78.1 cm³/mol. The van der Waals surface area contributed by atoms with Crippen LogP contribution in [0.5, 0.6) is 0 Å². The van der Waals surface area contributed by atoms with Gasteiger partial charge in [0.15, 0.2) is 5.92 Å². The molecule has 0 bridgehead atoms. The number of ether oxygens (including phenoxy) is 1. The van der Waals surface area contributed by atoms with Gasteiger partial charge in [0.2, 0.25) is 0 Å². The summed E-state index contributed by atoms with van der Waals surface area (Å²) in [5.74, 6) is -3.09. The summed E-state index contributed by atoms with van der Waals surface area (Å²) in [4.78, 5) is 33.7. The van der Waals surface area contributed by atoms with Crippen LogP contribution in [0.25, 0.3) is 0 Å². The Bertz CT molecular complexity index is 682. The summed E-state index contributed by atoms with van der Waals surface area (Å²) in [5.41, 5.74) is 7.69. The van der Waals surface area contributed by atoms with Gasteiger partial charge in [0.25, 0.3) is 11.6 Å². The fourth-order valence-electron chi connectivity index (χ4n) is 1.76. The summed E-state index contributed by atoms with van der Waals surface area (Å²) in [6, 6.07) is 8.81. The highest BCUT2D eigenvalue weighted by Crippen LogP contribution is 2.23. The van der Waals surface area contributed by atoms with Gasteiger partial charge >= 0.3 is 5.97 Å². The minimum atomic E-state index is -1.25. The quantitative estimate of drug-likeness (QED) is 0.351. The van der Waals surface area contributed by atoms with Crippen LogP contribution in [-0.2, 0) is 20.9 Å². The van der Waals surface area contributed by atoms with Gasteiger partial charge in [-0.05, 0) is 29.1 Å². The van der Waals surface area contributed by atoms with Crippen molar-refractivity contribution >= 4 is 28.9 Å². The molecule has 113 valence electrons. The number of thiophene rings is 1. The molecule has 1 heterocycles. The number of hydrogen-bond acceptors (Lipinski definition) is 6. The van der Waals surface area contributed by atoms with Crippen molar-refractivity contribution in [2.45, 2.75) is 12.5 Å². The maximum Gasteiger partial charge on any atom is 0.324 e. The minimum Gasteiger partial charge on any atom is -0.460 e. The third-order valence-electron chi connectivity index (χ3n) is 2.85. The third-order valence-corrected chi connectivity index (χ3v) is 3.79. The molecule has 2 rings (SSSR count). The molecule has 2 aromatic rings. The number of non-ortho nitro benzene ring substituents is 1. The number of nitrogens with zero attached hydrogens (tertiary/aromatic N) is 1. The van der Waals surface area contributed by atoms with E-state index in [1.807, 2.05) is 0 Å². The summed E-state index contributed by atoms with van der Waals surface area (Å²) in [6.45, 7) is -0.119. The summed E-state index contributed by atoms with van der Waals surface area (Å²) < 4.78 is 5.03. The van der Waals surface area contributed by atoms with E-state index in [0.29, 0.717) is 10.4 Å². The topological polar surface area (TPSA) is 110 Å². The van der Waals surface area contributed by atoms with Gasteiger partial charge in [-0.3, -0.25) is 25.4 Å². The van der Waals surface area contributed by atoms with Crippen molar-refractivity contribution in [3.05, 3.63) is 62.3 Å². The first-order valence-corrected chi connectivity index (χ1v) is 7.06. The van der Waals surface area contributed by atoms with E-state index in [4.69, 9.17) is 10.5 Å². The molecule has 0 saturated heterocycles. The van der Waals surface area contributed by atoms with E-state index < -0.39 is 22.7 Å². The van der Waals surface area contributed by atoms with Crippen molar-refractivity contribution in [1.29, 1.82) is 0 Å². The number of carbonyl (C=O) groups is 2. The zero-order chi connectivity index (χ0) is 16.1. The molecule has 1 radical (unpaired) electrons. The van der Waals surface area contributed by atoms with Crippen LogP contribution in [-0.4, -0.2) is 16.8 Å². The average molecular weight is 319 g/mol. The predicted octanol–water partition coefficient (Wildman–Crippen LogP) is 2.29. The zero-order valence-electron chi connectivity index (χ0n) is 11.2. The van der Waals surface area contributed by atoms with Gasteiger partial charge in [0.05, 0.1) is 4.92 Å². The Balaban J connectivity index is 2.02. The van der Waals surface area contributed by atoms with Crippen LogP contribution in [0.15, 0.2) is 41.8 Å². The van der Waals surface area contributed by atoms with Crippen molar-refractivity contribution in [3.63, 3.8) is 0 Å². The zero-order valence-corrected chi connectivity index (χ0v) is 12.0. The first-order chi connectivity index (χ1) is 10.5. The van der Waals surface area contributed by atoms with Gasteiger partial charge in [-0.1, -0.05) is 6.07 Å². The molecule has 1 N–H and O–H groups in total. The van der Waals surface area contributed by atoms with Gasteiger partial charge in [0, 0.05) is 17.0 Å². The van der Waals surface area contributed by atoms with E-state index in [2.05, 4.69) is 0 Å². The van der Waals surface area contributed by atoms with Crippen molar-refractivity contribution in [1.82, 2.24) is 5.73 Å². The van der Waals surface area contributed by atoms with Gasteiger partial charge in [-0.2, -0.15) is 0 Å². The van der Waals surface area contributed by atoms with Gasteiger partial charge in [-0.25, -0.2) is 0 Å². The molecule has 0 aliphatic carbocycles. The molecular weight excluding hydrogens is 308 g/mol. The third kappa shape index (κ3) is 3.67. The lowest BCUT2D eigenvalue weighted by molar-refractivity contribution is -0.384. The molecule has 1 unspecified atom stereocenters. The lowest BCUT2D eigenvalue weighted by Crippen LogP contribution is -2.24. The second-order valence-electron chi connectivity index (χ2n) is 4.34. The average Bonchev–Trinajstić information content (AvgIpc) is 2.99. The van der Waals surface area contributed by atoms with Crippen molar-refractivity contribution in [2.24, 2.45) is 0 Å². The molecule has 0 spiro atoms. The first-order valence-electron chi connectivity index (χ1n) is 6.18. The van der Waals surface area contributed by atoms with Crippen LogP contribution in [0.2, 0.25) is 0 Å². The Morgan fingerprint density at radius 2 is 1.95 bits per heavy atom. The van der Waals surface area contributed by atoms with E-state index in [1.54, 1.807) is 17.5 Å².